The highest BCUT2D eigenvalue weighted by Gasteiger charge is 2.59. The summed E-state index contributed by atoms with van der Waals surface area (Å²) in [6.07, 6.45) is 11.8. The van der Waals surface area contributed by atoms with E-state index in [1.165, 1.54) is 17.7 Å². The van der Waals surface area contributed by atoms with E-state index in [1.54, 1.807) is 4.90 Å². The Morgan fingerprint density at radius 2 is 1.84 bits per heavy atom. The molecule has 2 fully saturated rings. The van der Waals surface area contributed by atoms with Gasteiger partial charge in [-0.1, -0.05) is 30.2 Å². The number of hydrogen-bond donors (Lipinski definition) is 1. The van der Waals surface area contributed by atoms with Gasteiger partial charge in [0.2, 0.25) is 5.91 Å². The molecule has 1 N–H and O–H groups in total. The Hall–Kier alpha value is -2.67. The lowest BCUT2D eigenvalue weighted by molar-refractivity contribution is -0.128. The number of aliphatic imine (C=N–C) groups is 1. The van der Waals surface area contributed by atoms with E-state index in [0.29, 0.717) is 19.6 Å². The van der Waals surface area contributed by atoms with E-state index < -0.39 is 5.41 Å². The van der Waals surface area contributed by atoms with Crippen LogP contribution in [-0.2, 0) is 14.9 Å². The van der Waals surface area contributed by atoms with Gasteiger partial charge >= 0.3 is 6.09 Å². The van der Waals surface area contributed by atoms with Crippen molar-refractivity contribution in [2.45, 2.75) is 95.5 Å². The van der Waals surface area contributed by atoms with E-state index in [0.717, 1.165) is 87.6 Å². The third-order valence-corrected chi connectivity index (χ3v) is 8.58. The molecule has 1 aromatic carbocycles. The Labute approximate surface area is 220 Å². The molecule has 4 aliphatic rings. The number of para-hydroxylation sites is 1. The largest absolute Gasteiger partial charge is 0.446 e. The molecule has 2 aliphatic heterocycles. The van der Waals surface area contributed by atoms with E-state index in [2.05, 4.69) is 6.92 Å². The number of hydrogen-bond acceptors (Lipinski definition) is 5. The molecule has 2 aliphatic carbocycles. The smallest absolute Gasteiger partial charge is 0.410 e. The fourth-order valence-electron chi connectivity index (χ4n) is 6.37. The van der Waals surface area contributed by atoms with Crippen molar-refractivity contribution in [2.24, 2.45) is 4.99 Å². The summed E-state index contributed by atoms with van der Waals surface area (Å²) in [6.45, 7) is 3.60. The zero-order chi connectivity index (χ0) is 25.8. The number of rotatable bonds is 9. The second kappa shape index (κ2) is 11.4. The molecule has 7 heteroatoms. The van der Waals surface area contributed by atoms with Crippen molar-refractivity contribution in [2.75, 3.05) is 31.1 Å². The molecular formula is C30H41N3O4. The van der Waals surface area contributed by atoms with Gasteiger partial charge in [-0.3, -0.25) is 9.79 Å². The number of unbranched alkanes of at least 4 members (excludes halogenated alkanes) is 2. The van der Waals surface area contributed by atoms with Crippen LogP contribution in [0.15, 0.2) is 40.5 Å². The lowest BCUT2D eigenvalue weighted by atomic mass is 9.75. The SMILES string of the molecule is CC1=C(/N=C(\CCCCCO)CN2C(=O)C3(CN(C(=O)OC4CCCC4)C3)c3ccccc32)CCCC1. The Morgan fingerprint density at radius 1 is 1.08 bits per heavy atom. The predicted molar refractivity (Wildman–Crippen MR) is 145 cm³/mol. The first-order valence-electron chi connectivity index (χ1n) is 14.2. The van der Waals surface area contributed by atoms with Gasteiger partial charge in [0, 0.05) is 36.8 Å². The van der Waals surface area contributed by atoms with E-state index >= 15 is 0 Å². The number of aliphatic hydroxyl groups excluding tert-OH is 1. The van der Waals surface area contributed by atoms with Gasteiger partial charge in [0.05, 0.1) is 6.54 Å². The molecule has 0 radical (unpaired) electrons. The van der Waals surface area contributed by atoms with Crippen LogP contribution in [0.5, 0.6) is 0 Å². The van der Waals surface area contributed by atoms with Crippen molar-refractivity contribution in [1.82, 2.24) is 4.90 Å². The molecule has 1 saturated heterocycles. The van der Waals surface area contributed by atoms with Crippen molar-refractivity contribution in [3.63, 3.8) is 0 Å². The number of carbonyl (C=O) groups is 2. The summed E-state index contributed by atoms with van der Waals surface area (Å²) in [5.74, 6) is 0.0658. The Kier molecular flexibility index (Phi) is 7.98. The summed E-state index contributed by atoms with van der Waals surface area (Å²) in [5.41, 5.74) is 4.84. The van der Waals surface area contributed by atoms with Crippen LogP contribution in [0.25, 0.3) is 0 Å². The van der Waals surface area contributed by atoms with Crippen LogP contribution in [0.2, 0.25) is 0 Å². The van der Waals surface area contributed by atoms with Crippen LogP contribution in [0.4, 0.5) is 10.5 Å². The fraction of sp³-hybridized carbons (Fsp3) is 0.633. The van der Waals surface area contributed by atoms with Crippen LogP contribution in [0.3, 0.4) is 0 Å². The molecule has 2 amide bonds. The second-order valence-corrected chi connectivity index (χ2v) is 11.3. The minimum absolute atomic E-state index is 0.0225. The molecule has 5 rings (SSSR count). The number of allylic oxidation sites excluding steroid dienone is 2. The lowest BCUT2D eigenvalue weighted by Gasteiger charge is -2.46. The van der Waals surface area contributed by atoms with Crippen LogP contribution < -0.4 is 4.90 Å². The number of likely N-dealkylation sites (tertiary alicyclic amines) is 1. The second-order valence-electron chi connectivity index (χ2n) is 11.3. The van der Waals surface area contributed by atoms with Gasteiger partial charge in [-0.2, -0.15) is 0 Å². The fourth-order valence-corrected chi connectivity index (χ4v) is 6.37. The molecule has 1 spiro atoms. The van der Waals surface area contributed by atoms with Gasteiger partial charge in [-0.25, -0.2) is 4.79 Å². The molecule has 2 heterocycles. The van der Waals surface area contributed by atoms with Crippen molar-refractivity contribution in [3.05, 3.63) is 41.1 Å². The van der Waals surface area contributed by atoms with Crippen molar-refractivity contribution in [1.29, 1.82) is 0 Å². The summed E-state index contributed by atoms with van der Waals surface area (Å²) in [7, 11) is 0. The van der Waals surface area contributed by atoms with Gasteiger partial charge in [-0.15, -0.1) is 0 Å². The summed E-state index contributed by atoms with van der Waals surface area (Å²) < 4.78 is 5.71. The van der Waals surface area contributed by atoms with Gasteiger partial charge in [0.25, 0.3) is 0 Å². The lowest BCUT2D eigenvalue weighted by Crippen LogP contribution is -2.65. The summed E-state index contributed by atoms with van der Waals surface area (Å²) in [5, 5.41) is 9.20. The third-order valence-electron chi connectivity index (χ3n) is 8.58. The highest BCUT2D eigenvalue weighted by Crippen LogP contribution is 2.47. The highest BCUT2D eigenvalue weighted by molar-refractivity contribution is 6.13. The minimum atomic E-state index is -0.687. The first-order valence-corrected chi connectivity index (χ1v) is 14.2. The molecule has 0 unspecified atom stereocenters. The van der Waals surface area contributed by atoms with Gasteiger partial charge < -0.3 is 19.6 Å². The maximum absolute atomic E-state index is 14.0. The number of ether oxygens (including phenoxy) is 1. The zero-order valence-corrected chi connectivity index (χ0v) is 22.2. The molecule has 7 nitrogen and oxygen atoms in total. The molecule has 0 atom stereocenters. The number of amides is 2. The average molecular weight is 508 g/mol. The molecule has 1 aromatic rings. The van der Waals surface area contributed by atoms with Crippen molar-refractivity contribution >= 4 is 23.4 Å². The number of aliphatic hydroxyl groups is 1. The number of benzene rings is 1. The Bertz CT molecular complexity index is 1070. The van der Waals surface area contributed by atoms with Crippen molar-refractivity contribution < 1.29 is 19.4 Å². The molecule has 200 valence electrons. The summed E-state index contributed by atoms with van der Waals surface area (Å²) >= 11 is 0. The third kappa shape index (κ3) is 5.33. The van der Waals surface area contributed by atoms with E-state index in [-0.39, 0.29) is 24.7 Å². The monoisotopic (exact) mass is 507 g/mol. The number of carbonyl (C=O) groups excluding carboxylic acids is 2. The van der Waals surface area contributed by atoms with E-state index in [9.17, 15) is 14.7 Å². The van der Waals surface area contributed by atoms with Gasteiger partial charge in [0.15, 0.2) is 0 Å². The van der Waals surface area contributed by atoms with Crippen molar-refractivity contribution in [3.8, 4) is 0 Å². The summed E-state index contributed by atoms with van der Waals surface area (Å²) in [4.78, 5) is 35.5. The number of anilines is 1. The molecule has 1 saturated carbocycles. The van der Waals surface area contributed by atoms with E-state index in [4.69, 9.17) is 9.73 Å². The number of fused-ring (bicyclic) bond motifs is 2. The quantitative estimate of drug-likeness (QED) is 0.353. The number of nitrogens with zero attached hydrogens (tertiary/aromatic N) is 3. The van der Waals surface area contributed by atoms with Crippen LogP contribution in [0.1, 0.15) is 89.5 Å². The highest BCUT2D eigenvalue weighted by atomic mass is 16.6. The van der Waals surface area contributed by atoms with Gasteiger partial charge in [0.1, 0.15) is 11.5 Å². The minimum Gasteiger partial charge on any atom is -0.446 e. The van der Waals surface area contributed by atoms with Gasteiger partial charge in [-0.05, 0) is 89.2 Å². The topological polar surface area (TPSA) is 82.4 Å². The predicted octanol–water partition coefficient (Wildman–Crippen LogP) is 5.51. The average Bonchev–Trinajstić information content (AvgIpc) is 3.46. The van der Waals surface area contributed by atoms with Crippen LogP contribution in [-0.4, -0.2) is 60.1 Å². The Morgan fingerprint density at radius 3 is 2.59 bits per heavy atom. The zero-order valence-electron chi connectivity index (χ0n) is 22.2. The Balaban J connectivity index is 1.34. The molecule has 0 aromatic heterocycles. The molecule has 0 bridgehead atoms. The maximum atomic E-state index is 14.0. The standard InChI is InChI=1S/C30H41N3O4/c1-22-11-4-8-16-26(22)31-23(12-3-2-10-18-34)19-33-27-17-9-7-15-25(27)30(28(33)35)20-32(21-30)29(36)37-24-13-5-6-14-24/h7,9,15,17,24,34H,2-6,8,10-14,16,18-21H2,1H3/b31-23+. The maximum Gasteiger partial charge on any atom is 0.410 e. The first-order chi connectivity index (χ1) is 18.0. The molecular weight excluding hydrogens is 466 g/mol. The van der Waals surface area contributed by atoms with Crippen LogP contribution in [0, 0.1) is 0 Å². The first kappa shape index (κ1) is 26.0. The summed E-state index contributed by atoms with van der Waals surface area (Å²) in [6, 6.07) is 8.03. The van der Waals surface area contributed by atoms with E-state index in [1.807, 2.05) is 29.2 Å². The molecule has 37 heavy (non-hydrogen) atoms. The normalized spacial score (nSPS) is 21.6. The van der Waals surface area contributed by atoms with Crippen LogP contribution >= 0.6 is 0 Å².